The summed E-state index contributed by atoms with van der Waals surface area (Å²) < 4.78 is 5.24. The highest BCUT2D eigenvalue weighted by Gasteiger charge is 2.12. The molecule has 0 fully saturated rings. The van der Waals surface area contributed by atoms with Gasteiger partial charge >= 0.3 is 0 Å². The average molecular weight is 278 g/mol. The number of aliphatic hydroxyl groups excluding tert-OH is 1. The number of ether oxygens (including phenoxy) is 1. The van der Waals surface area contributed by atoms with Crippen molar-refractivity contribution in [1.29, 1.82) is 0 Å². The normalized spacial score (nSPS) is 12.3. The summed E-state index contributed by atoms with van der Waals surface area (Å²) in [5, 5.41) is 12.8. The van der Waals surface area contributed by atoms with E-state index in [-0.39, 0.29) is 0 Å². The zero-order valence-electron chi connectivity index (χ0n) is 12.2. The lowest BCUT2D eigenvalue weighted by atomic mass is 9.96. The maximum Gasteiger partial charge on any atom is 0.119 e. The third-order valence-corrected chi connectivity index (χ3v) is 3.87. The maximum absolute atomic E-state index is 10.6. The maximum atomic E-state index is 10.6. The highest BCUT2D eigenvalue weighted by molar-refractivity contribution is 5.84. The molecule has 3 aromatic carbocycles. The molecule has 106 valence electrons. The van der Waals surface area contributed by atoms with E-state index < -0.39 is 6.10 Å². The van der Waals surface area contributed by atoms with E-state index in [9.17, 15) is 5.11 Å². The number of fused-ring (bicyclic) bond motifs is 1. The van der Waals surface area contributed by atoms with Crippen LogP contribution in [0.2, 0.25) is 0 Å². The summed E-state index contributed by atoms with van der Waals surface area (Å²) in [6.45, 7) is 2.02. The Balaban J connectivity index is 2.03. The quantitative estimate of drug-likeness (QED) is 0.776. The third-order valence-electron chi connectivity index (χ3n) is 3.87. The molecular formula is C19H18O2. The lowest BCUT2D eigenvalue weighted by Gasteiger charge is -2.15. The first kappa shape index (κ1) is 13.7. The van der Waals surface area contributed by atoms with Gasteiger partial charge in [-0.15, -0.1) is 0 Å². The Morgan fingerprint density at radius 2 is 1.62 bits per heavy atom. The number of aryl methyl sites for hydroxylation is 1. The third kappa shape index (κ3) is 2.63. The molecule has 2 nitrogen and oxygen atoms in total. The predicted molar refractivity (Wildman–Crippen MR) is 85.7 cm³/mol. The molecule has 1 unspecified atom stereocenters. The molecular weight excluding hydrogens is 260 g/mol. The second kappa shape index (κ2) is 5.58. The summed E-state index contributed by atoms with van der Waals surface area (Å²) in [6, 6.07) is 19.9. The number of hydrogen-bond acceptors (Lipinski definition) is 2. The first-order chi connectivity index (χ1) is 10.2. The summed E-state index contributed by atoms with van der Waals surface area (Å²) in [5.41, 5.74) is 2.95. The minimum absolute atomic E-state index is 0.599. The van der Waals surface area contributed by atoms with Gasteiger partial charge in [0.15, 0.2) is 0 Å². The number of methoxy groups -OCH3 is 1. The van der Waals surface area contributed by atoms with Gasteiger partial charge in [-0.05, 0) is 52.6 Å². The van der Waals surface area contributed by atoms with Crippen LogP contribution >= 0.6 is 0 Å². The van der Waals surface area contributed by atoms with E-state index in [0.717, 1.165) is 33.2 Å². The van der Waals surface area contributed by atoms with Gasteiger partial charge < -0.3 is 9.84 Å². The van der Waals surface area contributed by atoms with Crippen molar-refractivity contribution < 1.29 is 9.84 Å². The van der Waals surface area contributed by atoms with Gasteiger partial charge in [-0.1, -0.05) is 42.5 Å². The molecule has 3 rings (SSSR count). The predicted octanol–water partition coefficient (Wildman–Crippen LogP) is 4.24. The second-order valence-corrected chi connectivity index (χ2v) is 5.23. The molecule has 0 aliphatic rings. The first-order valence-electron chi connectivity index (χ1n) is 7.00. The van der Waals surface area contributed by atoms with Crippen molar-refractivity contribution in [3.63, 3.8) is 0 Å². The van der Waals surface area contributed by atoms with E-state index in [0.29, 0.717) is 0 Å². The average Bonchev–Trinajstić information content (AvgIpc) is 2.53. The fourth-order valence-corrected chi connectivity index (χ4v) is 2.61. The fraction of sp³-hybridized carbons (Fsp3) is 0.158. The zero-order valence-corrected chi connectivity index (χ0v) is 12.2. The molecule has 0 saturated carbocycles. The van der Waals surface area contributed by atoms with Crippen LogP contribution in [0.25, 0.3) is 10.8 Å². The van der Waals surface area contributed by atoms with Crippen molar-refractivity contribution in [1.82, 2.24) is 0 Å². The van der Waals surface area contributed by atoms with Crippen LogP contribution in [0.1, 0.15) is 22.8 Å². The summed E-state index contributed by atoms with van der Waals surface area (Å²) in [4.78, 5) is 0. The molecule has 0 aromatic heterocycles. The molecule has 21 heavy (non-hydrogen) atoms. The fourth-order valence-electron chi connectivity index (χ4n) is 2.61. The monoisotopic (exact) mass is 278 g/mol. The van der Waals surface area contributed by atoms with Crippen LogP contribution in [0.5, 0.6) is 5.75 Å². The van der Waals surface area contributed by atoms with E-state index in [2.05, 4.69) is 0 Å². The van der Waals surface area contributed by atoms with Crippen LogP contribution in [0.15, 0.2) is 60.7 Å². The van der Waals surface area contributed by atoms with E-state index in [1.165, 1.54) is 0 Å². The van der Waals surface area contributed by atoms with Crippen molar-refractivity contribution in [2.24, 2.45) is 0 Å². The van der Waals surface area contributed by atoms with Crippen LogP contribution < -0.4 is 4.74 Å². The second-order valence-electron chi connectivity index (χ2n) is 5.23. The van der Waals surface area contributed by atoms with Crippen LogP contribution in [0.3, 0.4) is 0 Å². The highest BCUT2D eigenvalue weighted by atomic mass is 16.5. The van der Waals surface area contributed by atoms with Crippen LogP contribution in [0, 0.1) is 6.92 Å². The summed E-state index contributed by atoms with van der Waals surface area (Å²) in [7, 11) is 1.66. The summed E-state index contributed by atoms with van der Waals surface area (Å²) in [6.07, 6.45) is -0.599. The van der Waals surface area contributed by atoms with Gasteiger partial charge in [0.2, 0.25) is 0 Å². The largest absolute Gasteiger partial charge is 0.497 e. The van der Waals surface area contributed by atoms with Gasteiger partial charge in [-0.2, -0.15) is 0 Å². The number of hydrogen-bond donors (Lipinski definition) is 1. The molecule has 0 radical (unpaired) electrons. The molecule has 0 aliphatic heterocycles. The van der Waals surface area contributed by atoms with Crippen LogP contribution in [-0.4, -0.2) is 12.2 Å². The Hall–Kier alpha value is -2.32. The van der Waals surface area contributed by atoms with Gasteiger partial charge in [-0.3, -0.25) is 0 Å². The van der Waals surface area contributed by atoms with Crippen molar-refractivity contribution in [2.75, 3.05) is 7.11 Å². The molecule has 0 aliphatic carbocycles. The standard InChI is InChI=1S/C19H18O2/c1-13-5-3-4-6-18(13)19(20)16-8-7-15-12-17(21-2)10-9-14(15)11-16/h3-12,19-20H,1-2H3. The molecule has 2 heteroatoms. The van der Waals surface area contributed by atoms with E-state index in [1.807, 2.05) is 67.6 Å². The van der Waals surface area contributed by atoms with Crippen molar-refractivity contribution in [3.05, 3.63) is 77.4 Å². The number of rotatable bonds is 3. The summed E-state index contributed by atoms with van der Waals surface area (Å²) >= 11 is 0. The molecule has 1 N–H and O–H groups in total. The molecule has 0 bridgehead atoms. The molecule has 0 spiro atoms. The summed E-state index contributed by atoms with van der Waals surface area (Å²) in [5.74, 6) is 0.842. The van der Waals surface area contributed by atoms with Crippen molar-refractivity contribution in [3.8, 4) is 5.75 Å². The number of benzene rings is 3. The molecule has 0 amide bonds. The topological polar surface area (TPSA) is 29.5 Å². The molecule has 0 heterocycles. The minimum Gasteiger partial charge on any atom is -0.497 e. The van der Waals surface area contributed by atoms with Crippen LogP contribution in [-0.2, 0) is 0 Å². The number of aliphatic hydroxyl groups is 1. The lowest BCUT2D eigenvalue weighted by Crippen LogP contribution is -2.01. The lowest BCUT2D eigenvalue weighted by molar-refractivity contribution is 0.219. The van der Waals surface area contributed by atoms with Gasteiger partial charge in [0.25, 0.3) is 0 Å². The minimum atomic E-state index is -0.599. The highest BCUT2D eigenvalue weighted by Crippen LogP contribution is 2.28. The Bertz CT molecular complexity index is 777. The first-order valence-corrected chi connectivity index (χ1v) is 7.00. The smallest absolute Gasteiger partial charge is 0.119 e. The van der Waals surface area contributed by atoms with Crippen LogP contribution in [0.4, 0.5) is 0 Å². The van der Waals surface area contributed by atoms with E-state index >= 15 is 0 Å². The molecule has 3 aromatic rings. The Kier molecular flexibility index (Phi) is 3.63. The van der Waals surface area contributed by atoms with Gasteiger partial charge in [0.1, 0.15) is 11.9 Å². The van der Waals surface area contributed by atoms with Gasteiger partial charge in [0.05, 0.1) is 7.11 Å². The molecule has 0 saturated heterocycles. The SMILES string of the molecule is COc1ccc2cc(C(O)c3ccccc3C)ccc2c1. The Morgan fingerprint density at radius 3 is 2.38 bits per heavy atom. The molecule has 1 atom stereocenters. The van der Waals surface area contributed by atoms with Gasteiger partial charge in [0, 0.05) is 0 Å². The zero-order chi connectivity index (χ0) is 14.8. The van der Waals surface area contributed by atoms with Gasteiger partial charge in [-0.25, -0.2) is 0 Å². The van der Waals surface area contributed by atoms with Crippen molar-refractivity contribution in [2.45, 2.75) is 13.0 Å². The Morgan fingerprint density at radius 1 is 0.905 bits per heavy atom. The Labute approximate surface area is 124 Å². The van der Waals surface area contributed by atoms with E-state index in [1.54, 1.807) is 7.11 Å². The van der Waals surface area contributed by atoms with E-state index in [4.69, 9.17) is 4.74 Å². The van der Waals surface area contributed by atoms with Crippen molar-refractivity contribution >= 4 is 10.8 Å².